The van der Waals surface area contributed by atoms with Crippen LogP contribution in [0.1, 0.15) is 23.2 Å². The van der Waals surface area contributed by atoms with Crippen molar-refractivity contribution in [3.8, 4) is 11.4 Å². The van der Waals surface area contributed by atoms with E-state index in [0.29, 0.717) is 18.0 Å². The molecule has 0 aliphatic heterocycles. The molecule has 0 radical (unpaired) electrons. The van der Waals surface area contributed by atoms with Gasteiger partial charge in [0.25, 0.3) is 5.56 Å². The van der Waals surface area contributed by atoms with Gasteiger partial charge in [0.15, 0.2) is 5.82 Å². The van der Waals surface area contributed by atoms with Crippen molar-refractivity contribution in [3.05, 3.63) is 93.9 Å². The third-order valence-corrected chi connectivity index (χ3v) is 6.47. The second-order valence-electron chi connectivity index (χ2n) is 8.76. The molecule has 1 aliphatic rings. The number of hydrogen-bond donors (Lipinski definition) is 1. The van der Waals surface area contributed by atoms with Gasteiger partial charge >= 0.3 is 0 Å². The normalized spacial score (nSPS) is 12.9. The van der Waals surface area contributed by atoms with Gasteiger partial charge in [-0.15, -0.1) is 5.10 Å². The van der Waals surface area contributed by atoms with Crippen molar-refractivity contribution in [2.24, 2.45) is 0 Å². The van der Waals surface area contributed by atoms with Gasteiger partial charge in [-0.2, -0.15) is 9.50 Å². The topological polar surface area (TPSA) is 81.3 Å². The number of benzene rings is 3. The number of carbonyl (C=O) groups excluding carboxylic acids is 1. The lowest BCUT2D eigenvalue weighted by Crippen LogP contribution is -2.28. The van der Waals surface area contributed by atoms with Crippen LogP contribution < -0.4 is 10.9 Å². The molecule has 168 valence electrons. The summed E-state index contributed by atoms with van der Waals surface area (Å²) in [5.74, 6) is 0.703. The standard InChI is InChI=1S/C27H23N5O2/c1-17-12-14-19(15-13-17)25-29-27-31(23-11-5-9-21(23)26(34)32(27)30-25)16-24(33)28-22-10-4-7-18-6-2-3-8-20(18)22/h2-4,6-8,10,12-15H,5,9,11,16H2,1H3,(H,28,33). The molecular formula is C27H23N5O2. The first kappa shape index (κ1) is 20.4. The third-order valence-electron chi connectivity index (χ3n) is 6.47. The molecule has 2 aromatic heterocycles. The molecule has 0 fully saturated rings. The second kappa shape index (κ2) is 7.95. The minimum absolute atomic E-state index is 0.0569. The quantitative estimate of drug-likeness (QED) is 0.447. The van der Waals surface area contributed by atoms with E-state index in [0.717, 1.165) is 51.7 Å². The van der Waals surface area contributed by atoms with E-state index >= 15 is 0 Å². The fourth-order valence-corrected chi connectivity index (χ4v) is 4.78. The highest BCUT2D eigenvalue weighted by Crippen LogP contribution is 2.25. The summed E-state index contributed by atoms with van der Waals surface area (Å²) in [6, 6.07) is 21.7. The van der Waals surface area contributed by atoms with Crippen molar-refractivity contribution in [1.82, 2.24) is 19.2 Å². The van der Waals surface area contributed by atoms with Gasteiger partial charge in [0.05, 0.1) is 0 Å². The maximum atomic E-state index is 13.2. The van der Waals surface area contributed by atoms with Crippen LogP contribution in [0, 0.1) is 6.92 Å². The Morgan fingerprint density at radius 1 is 1.00 bits per heavy atom. The lowest BCUT2D eigenvalue weighted by atomic mass is 10.1. The zero-order valence-corrected chi connectivity index (χ0v) is 18.8. The monoisotopic (exact) mass is 449 g/mol. The summed E-state index contributed by atoms with van der Waals surface area (Å²) >= 11 is 0. The number of rotatable bonds is 4. The van der Waals surface area contributed by atoms with E-state index in [1.165, 1.54) is 4.52 Å². The van der Waals surface area contributed by atoms with Crippen LogP contribution in [0.4, 0.5) is 5.69 Å². The van der Waals surface area contributed by atoms with E-state index in [1.807, 2.05) is 78.2 Å². The van der Waals surface area contributed by atoms with Gasteiger partial charge < -0.3 is 9.88 Å². The Morgan fingerprint density at radius 2 is 1.79 bits per heavy atom. The first-order valence-corrected chi connectivity index (χ1v) is 11.4. The molecule has 1 N–H and O–H groups in total. The van der Waals surface area contributed by atoms with Crippen LogP contribution in [-0.2, 0) is 24.2 Å². The summed E-state index contributed by atoms with van der Waals surface area (Å²) in [5.41, 5.74) is 4.20. The van der Waals surface area contributed by atoms with Crippen LogP contribution >= 0.6 is 0 Å². The molecular weight excluding hydrogens is 426 g/mol. The minimum atomic E-state index is -0.170. The van der Waals surface area contributed by atoms with Crippen LogP contribution in [-0.4, -0.2) is 25.1 Å². The zero-order chi connectivity index (χ0) is 23.2. The van der Waals surface area contributed by atoms with Crippen molar-refractivity contribution in [1.29, 1.82) is 0 Å². The molecule has 0 saturated heterocycles. The Hall–Kier alpha value is -4.26. The van der Waals surface area contributed by atoms with E-state index < -0.39 is 0 Å². The number of aryl methyl sites for hydroxylation is 1. The molecule has 7 heteroatoms. The Bertz CT molecular complexity index is 1620. The Labute approximate surface area is 195 Å². The molecule has 0 bridgehead atoms. The molecule has 5 aromatic rings. The SMILES string of the molecule is Cc1ccc(-c2nc3n(CC(=O)Nc4cccc5ccccc45)c4c(c(=O)n3n2)CCC4)cc1. The lowest BCUT2D eigenvalue weighted by Gasteiger charge is -2.14. The maximum Gasteiger partial charge on any atom is 0.279 e. The van der Waals surface area contributed by atoms with Crippen LogP contribution in [0.2, 0.25) is 0 Å². The second-order valence-corrected chi connectivity index (χ2v) is 8.76. The number of carbonyl (C=O) groups is 1. The molecule has 0 atom stereocenters. The fourth-order valence-electron chi connectivity index (χ4n) is 4.78. The van der Waals surface area contributed by atoms with E-state index in [1.54, 1.807) is 0 Å². The first-order chi connectivity index (χ1) is 16.6. The van der Waals surface area contributed by atoms with E-state index in [2.05, 4.69) is 10.4 Å². The third kappa shape index (κ3) is 3.37. The van der Waals surface area contributed by atoms with E-state index in [9.17, 15) is 9.59 Å². The Kier molecular flexibility index (Phi) is 4.76. The van der Waals surface area contributed by atoms with Gasteiger partial charge in [-0.1, -0.05) is 66.2 Å². The summed E-state index contributed by atoms with van der Waals surface area (Å²) < 4.78 is 3.21. The summed E-state index contributed by atoms with van der Waals surface area (Å²) in [5, 5.41) is 9.62. The molecule has 3 aromatic carbocycles. The molecule has 1 aliphatic carbocycles. The number of fused-ring (bicyclic) bond motifs is 3. The van der Waals surface area contributed by atoms with Gasteiger partial charge in [-0.3, -0.25) is 9.59 Å². The molecule has 7 nitrogen and oxygen atoms in total. The Morgan fingerprint density at radius 3 is 2.65 bits per heavy atom. The fraction of sp³-hybridized carbons (Fsp3) is 0.185. The van der Waals surface area contributed by atoms with E-state index in [4.69, 9.17) is 4.98 Å². The molecule has 0 spiro atoms. The summed E-state index contributed by atoms with van der Waals surface area (Å²) in [6.45, 7) is 2.07. The number of anilines is 1. The van der Waals surface area contributed by atoms with Gasteiger partial charge in [-0.25, -0.2) is 0 Å². The molecule has 34 heavy (non-hydrogen) atoms. The van der Waals surface area contributed by atoms with Crippen molar-refractivity contribution in [2.45, 2.75) is 32.7 Å². The number of nitrogens with one attached hydrogen (secondary N) is 1. The minimum Gasteiger partial charge on any atom is -0.324 e. The first-order valence-electron chi connectivity index (χ1n) is 11.4. The highest BCUT2D eigenvalue weighted by molar-refractivity contribution is 6.02. The molecule has 1 amide bonds. The van der Waals surface area contributed by atoms with Crippen LogP contribution in [0.15, 0.2) is 71.5 Å². The number of amides is 1. The largest absolute Gasteiger partial charge is 0.324 e. The highest BCUT2D eigenvalue weighted by Gasteiger charge is 2.25. The van der Waals surface area contributed by atoms with Crippen molar-refractivity contribution in [2.75, 3.05) is 5.32 Å². The maximum absolute atomic E-state index is 13.2. The van der Waals surface area contributed by atoms with Gasteiger partial charge in [0, 0.05) is 27.9 Å². The number of aromatic nitrogens is 4. The van der Waals surface area contributed by atoms with Crippen molar-refractivity contribution in [3.63, 3.8) is 0 Å². The highest BCUT2D eigenvalue weighted by atomic mass is 16.2. The van der Waals surface area contributed by atoms with Crippen LogP contribution in [0.25, 0.3) is 27.9 Å². The summed E-state index contributed by atoms with van der Waals surface area (Å²) in [4.78, 5) is 31.0. The molecule has 0 saturated carbocycles. The average Bonchev–Trinajstić information content (AvgIpc) is 3.51. The van der Waals surface area contributed by atoms with Crippen molar-refractivity contribution >= 4 is 28.1 Å². The Balaban J connectivity index is 1.42. The average molecular weight is 450 g/mol. The number of nitrogens with zero attached hydrogens (tertiary/aromatic N) is 4. The number of hydrogen-bond acceptors (Lipinski definition) is 4. The predicted octanol–water partition coefficient (Wildman–Crippen LogP) is 4.15. The predicted molar refractivity (Wildman–Crippen MR) is 132 cm³/mol. The smallest absolute Gasteiger partial charge is 0.279 e. The lowest BCUT2D eigenvalue weighted by molar-refractivity contribution is -0.116. The van der Waals surface area contributed by atoms with Crippen LogP contribution in [0.5, 0.6) is 0 Å². The summed E-state index contributed by atoms with van der Waals surface area (Å²) in [6.07, 6.45) is 2.32. The zero-order valence-electron chi connectivity index (χ0n) is 18.8. The van der Waals surface area contributed by atoms with Gasteiger partial charge in [-0.05, 0) is 37.6 Å². The van der Waals surface area contributed by atoms with Crippen LogP contribution in [0.3, 0.4) is 0 Å². The van der Waals surface area contributed by atoms with E-state index in [-0.39, 0.29) is 18.0 Å². The molecule has 6 rings (SSSR count). The molecule has 0 unspecified atom stereocenters. The summed E-state index contributed by atoms with van der Waals surface area (Å²) in [7, 11) is 0. The van der Waals surface area contributed by atoms with Gasteiger partial charge in [0.1, 0.15) is 6.54 Å². The van der Waals surface area contributed by atoms with Gasteiger partial charge in [0.2, 0.25) is 11.7 Å². The molecule has 2 heterocycles. The van der Waals surface area contributed by atoms with Crippen molar-refractivity contribution < 1.29 is 4.79 Å².